The van der Waals surface area contributed by atoms with Crippen LogP contribution < -0.4 is 0 Å². The van der Waals surface area contributed by atoms with Crippen LogP contribution in [0.3, 0.4) is 0 Å². The second kappa shape index (κ2) is 6.74. The van der Waals surface area contributed by atoms with Crippen LogP contribution in [-0.2, 0) is 20.3 Å². The highest BCUT2D eigenvalue weighted by Crippen LogP contribution is 2.40. The van der Waals surface area contributed by atoms with Crippen LogP contribution in [0.25, 0.3) is 0 Å². The Bertz CT molecular complexity index is 897. The Morgan fingerprint density at radius 3 is 2.28 bits per heavy atom. The van der Waals surface area contributed by atoms with E-state index in [1.807, 2.05) is 6.92 Å². The molecule has 0 aromatic heterocycles. The fourth-order valence-corrected chi connectivity index (χ4v) is 5.54. The first-order valence-corrected chi connectivity index (χ1v) is 10.8. The van der Waals surface area contributed by atoms with Gasteiger partial charge < -0.3 is 4.74 Å². The fraction of sp³-hybridized carbons (Fsp3) is 0.235. The van der Waals surface area contributed by atoms with Gasteiger partial charge in [0.15, 0.2) is 0 Å². The molecule has 0 radical (unpaired) electrons. The SMILES string of the molecule is Cc1ccc(S(=O)(=O)N2C(=O)OCC2(CBr)c2ccc(Br)cc2)cc1. The zero-order valence-corrected chi connectivity index (χ0v) is 17.3. The van der Waals surface area contributed by atoms with Crippen LogP contribution in [-0.4, -0.2) is 30.8 Å². The van der Waals surface area contributed by atoms with E-state index in [2.05, 4.69) is 31.9 Å². The van der Waals surface area contributed by atoms with Crippen LogP contribution in [0.4, 0.5) is 4.79 Å². The fourth-order valence-electron chi connectivity index (χ4n) is 2.75. The number of benzene rings is 2. The van der Waals surface area contributed by atoms with Crippen LogP contribution in [0.1, 0.15) is 11.1 Å². The molecule has 1 amide bonds. The number of ether oxygens (including phenoxy) is 1. The second-order valence-corrected chi connectivity index (χ2v) is 9.07. The molecule has 2 aromatic rings. The van der Waals surface area contributed by atoms with Gasteiger partial charge in [-0.2, -0.15) is 4.31 Å². The molecular weight excluding hydrogens is 474 g/mol. The van der Waals surface area contributed by atoms with Crippen molar-refractivity contribution in [3.63, 3.8) is 0 Å². The number of hydrogen-bond donors (Lipinski definition) is 0. The number of hydrogen-bond acceptors (Lipinski definition) is 4. The van der Waals surface area contributed by atoms with Crippen LogP contribution in [0.2, 0.25) is 0 Å². The molecule has 1 fully saturated rings. The van der Waals surface area contributed by atoms with Crippen molar-refractivity contribution in [2.45, 2.75) is 17.4 Å². The molecule has 0 saturated carbocycles. The van der Waals surface area contributed by atoms with Gasteiger partial charge in [-0.25, -0.2) is 13.2 Å². The summed E-state index contributed by atoms with van der Waals surface area (Å²) in [7, 11) is -4.07. The highest BCUT2D eigenvalue weighted by atomic mass is 79.9. The van der Waals surface area contributed by atoms with Gasteiger partial charge in [-0.15, -0.1) is 0 Å². The average Bonchev–Trinajstić information content (AvgIpc) is 2.94. The number of amides is 1. The highest BCUT2D eigenvalue weighted by Gasteiger charge is 2.54. The molecule has 3 rings (SSSR count). The summed E-state index contributed by atoms with van der Waals surface area (Å²) in [6.45, 7) is 1.81. The molecule has 1 aliphatic rings. The summed E-state index contributed by atoms with van der Waals surface area (Å²) < 4.78 is 33.2. The molecule has 1 unspecified atom stereocenters. The average molecular weight is 489 g/mol. The van der Waals surface area contributed by atoms with E-state index in [1.54, 1.807) is 36.4 Å². The molecule has 0 bridgehead atoms. The van der Waals surface area contributed by atoms with Gasteiger partial charge in [-0.1, -0.05) is 61.7 Å². The van der Waals surface area contributed by atoms with Crippen LogP contribution in [0, 0.1) is 6.92 Å². The van der Waals surface area contributed by atoms with Crippen molar-refractivity contribution in [1.82, 2.24) is 4.31 Å². The molecular formula is C17H15Br2NO4S. The molecule has 1 atom stereocenters. The Morgan fingerprint density at radius 1 is 1.12 bits per heavy atom. The van der Waals surface area contributed by atoms with Gasteiger partial charge in [0, 0.05) is 9.80 Å². The monoisotopic (exact) mass is 487 g/mol. The molecule has 0 N–H and O–H groups in total. The van der Waals surface area contributed by atoms with E-state index in [1.165, 1.54) is 12.1 Å². The van der Waals surface area contributed by atoms with E-state index in [4.69, 9.17) is 4.74 Å². The summed E-state index contributed by atoms with van der Waals surface area (Å²) >= 11 is 6.74. The van der Waals surface area contributed by atoms with Gasteiger partial charge in [-0.3, -0.25) is 0 Å². The molecule has 5 nitrogen and oxygen atoms in total. The molecule has 1 heterocycles. The maximum Gasteiger partial charge on any atom is 0.424 e. The van der Waals surface area contributed by atoms with E-state index in [9.17, 15) is 13.2 Å². The summed E-state index contributed by atoms with van der Waals surface area (Å²) in [5, 5.41) is 0.221. The highest BCUT2D eigenvalue weighted by molar-refractivity contribution is 9.10. The Labute approximate surface area is 163 Å². The van der Waals surface area contributed by atoms with Gasteiger partial charge in [0.05, 0.1) is 4.90 Å². The van der Waals surface area contributed by atoms with Gasteiger partial charge in [-0.05, 0) is 36.8 Å². The smallest absolute Gasteiger partial charge is 0.424 e. The van der Waals surface area contributed by atoms with E-state index in [0.717, 1.165) is 14.3 Å². The molecule has 2 aromatic carbocycles. The summed E-state index contributed by atoms with van der Waals surface area (Å²) in [5.41, 5.74) is 0.471. The Morgan fingerprint density at radius 2 is 1.72 bits per heavy atom. The number of alkyl halides is 1. The van der Waals surface area contributed by atoms with E-state index >= 15 is 0 Å². The molecule has 25 heavy (non-hydrogen) atoms. The second-order valence-electron chi connectivity index (χ2n) is 5.81. The first-order valence-electron chi connectivity index (χ1n) is 7.42. The summed E-state index contributed by atoms with van der Waals surface area (Å²) in [5.74, 6) is 0. The zero-order valence-electron chi connectivity index (χ0n) is 13.3. The largest absolute Gasteiger partial charge is 0.446 e. The molecule has 0 aliphatic carbocycles. The van der Waals surface area contributed by atoms with Crippen molar-refractivity contribution >= 4 is 48.0 Å². The lowest BCUT2D eigenvalue weighted by Gasteiger charge is -2.33. The lowest BCUT2D eigenvalue weighted by Crippen LogP contribution is -2.49. The Kier molecular flexibility index (Phi) is 4.96. The minimum Gasteiger partial charge on any atom is -0.446 e. The van der Waals surface area contributed by atoms with Gasteiger partial charge in [0.25, 0.3) is 10.0 Å². The van der Waals surface area contributed by atoms with Crippen LogP contribution in [0.5, 0.6) is 0 Å². The number of nitrogens with zero attached hydrogens (tertiary/aromatic N) is 1. The minimum absolute atomic E-state index is 0.0518. The van der Waals surface area contributed by atoms with Crippen molar-refractivity contribution in [3.8, 4) is 0 Å². The number of carbonyl (C=O) groups excluding carboxylic acids is 1. The number of rotatable bonds is 4. The number of halogens is 2. The number of sulfonamides is 1. The van der Waals surface area contributed by atoms with Gasteiger partial charge in [0.2, 0.25) is 0 Å². The quantitative estimate of drug-likeness (QED) is 0.605. The molecule has 132 valence electrons. The lowest BCUT2D eigenvalue weighted by atomic mass is 9.94. The number of aryl methyl sites for hydroxylation is 1. The summed E-state index contributed by atoms with van der Waals surface area (Å²) in [6.07, 6.45) is -0.872. The normalized spacial score (nSPS) is 20.6. The van der Waals surface area contributed by atoms with Gasteiger partial charge >= 0.3 is 6.09 Å². The third-order valence-electron chi connectivity index (χ3n) is 4.15. The molecule has 0 spiro atoms. The van der Waals surface area contributed by atoms with Crippen molar-refractivity contribution in [1.29, 1.82) is 0 Å². The zero-order chi connectivity index (χ0) is 18.2. The predicted molar refractivity (Wildman–Crippen MR) is 101 cm³/mol. The van der Waals surface area contributed by atoms with E-state index in [0.29, 0.717) is 5.56 Å². The topological polar surface area (TPSA) is 63.7 Å². The maximum atomic E-state index is 13.2. The number of cyclic esters (lactones) is 1. The van der Waals surface area contributed by atoms with Crippen LogP contribution in [0.15, 0.2) is 57.9 Å². The van der Waals surface area contributed by atoms with Crippen molar-refractivity contribution < 1.29 is 17.9 Å². The Balaban J connectivity index is 2.15. The van der Waals surface area contributed by atoms with Crippen LogP contribution >= 0.6 is 31.9 Å². The molecule has 1 aliphatic heterocycles. The first kappa shape index (κ1) is 18.4. The number of carbonyl (C=O) groups is 1. The minimum atomic E-state index is -4.07. The van der Waals surface area contributed by atoms with Crippen molar-refractivity contribution in [2.24, 2.45) is 0 Å². The standard InChI is InChI=1S/C17H15Br2NO4S/c1-12-2-8-15(9-3-12)25(22,23)20-16(21)24-11-17(20,10-18)13-4-6-14(19)7-5-13/h2-9H,10-11H2,1H3. The maximum absolute atomic E-state index is 13.2. The van der Waals surface area contributed by atoms with Crippen molar-refractivity contribution in [2.75, 3.05) is 11.9 Å². The van der Waals surface area contributed by atoms with E-state index in [-0.39, 0.29) is 16.8 Å². The van der Waals surface area contributed by atoms with Crippen molar-refractivity contribution in [3.05, 3.63) is 64.1 Å². The Hall–Kier alpha value is -1.38. The third kappa shape index (κ3) is 3.11. The van der Waals surface area contributed by atoms with Gasteiger partial charge in [0.1, 0.15) is 12.1 Å². The molecule has 8 heteroatoms. The van der Waals surface area contributed by atoms with E-state index < -0.39 is 21.7 Å². The first-order chi connectivity index (χ1) is 11.8. The third-order valence-corrected chi connectivity index (χ3v) is 7.45. The summed E-state index contributed by atoms with van der Waals surface area (Å²) in [6, 6.07) is 13.6. The lowest BCUT2D eigenvalue weighted by molar-refractivity contribution is 0.169. The predicted octanol–water partition coefficient (Wildman–Crippen LogP) is 4.19. The molecule has 1 saturated heterocycles. The summed E-state index contributed by atoms with van der Waals surface area (Å²) in [4.78, 5) is 12.4.